The zero-order valence-corrected chi connectivity index (χ0v) is 15.5. The van der Waals surface area contributed by atoms with Gasteiger partial charge in [0.25, 0.3) is 5.91 Å². The van der Waals surface area contributed by atoms with Gasteiger partial charge >= 0.3 is 0 Å². The molecule has 0 saturated carbocycles. The SMILES string of the molecule is Cc1cc(C(=O)NCCN2CC(C)CC(C)C2)nn1C(C)(C)C. The summed E-state index contributed by atoms with van der Waals surface area (Å²) < 4.78 is 1.91. The average molecular weight is 320 g/mol. The molecule has 1 aromatic rings. The number of piperidine rings is 1. The predicted octanol–water partition coefficient (Wildman–Crippen LogP) is 2.65. The minimum atomic E-state index is -0.108. The molecule has 5 nitrogen and oxygen atoms in total. The summed E-state index contributed by atoms with van der Waals surface area (Å²) in [4.78, 5) is 14.8. The van der Waals surface area contributed by atoms with E-state index in [0.717, 1.165) is 37.2 Å². The van der Waals surface area contributed by atoms with Crippen molar-refractivity contribution in [1.82, 2.24) is 20.0 Å². The highest BCUT2D eigenvalue weighted by atomic mass is 16.1. The van der Waals surface area contributed by atoms with Crippen LogP contribution in [0.15, 0.2) is 6.07 Å². The van der Waals surface area contributed by atoms with Gasteiger partial charge in [0.15, 0.2) is 0 Å². The summed E-state index contributed by atoms with van der Waals surface area (Å²) in [5.74, 6) is 1.42. The number of rotatable bonds is 4. The Labute approximate surface area is 140 Å². The molecule has 2 atom stereocenters. The molecule has 2 unspecified atom stereocenters. The summed E-state index contributed by atoms with van der Waals surface area (Å²) in [5.41, 5.74) is 1.42. The van der Waals surface area contributed by atoms with Crippen molar-refractivity contribution in [3.63, 3.8) is 0 Å². The molecular formula is C18H32N4O. The molecule has 130 valence electrons. The number of nitrogens with zero attached hydrogens (tertiary/aromatic N) is 3. The molecule has 0 aromatic carbocycles. The van der Waals surface area contributed by atoms with Gasteiger partial charge in [0.05, 0.1) is 5.54 Å². The van der Waals surface area contributed by atoms with Crippen molar-refractivity contribution in [2.75, 3.05) is 26.2 Å². The van der Waals surface area contributed by atoms with Gasteiger partial charge in [-0.25, -0.2) is 0 Å². The van der Waals surface area contributed by atoms with Crippen molar-refractivity contribution in [3.8, 4) is 0 Å². The van der Waals surface area contributed by atoms with Gasteiger partial charge in [-0.3, -0.25) is 9.48 Å². The second-order valence-corrected chi connectivity index (χ2v) is 8.22. The van der Waals surface area contributed by atoms with E-state index in [0.29, 0.717) is 12.2 Å². The van der Waals surface area contributed by atoms with Gasteiger partial charge in [-0.2, -0.15) is 5.10 Å². The molecule has 1 aliphatic heterocycles. The van der Waals surface area contributed by atoms with Gasteiger partial charge in [0, 0.05) is 31.9 Å². The van der Waals surface area contributed by atoms with Crippen LogP contribution < -0.4 is 5.32 Å². The van der Waals surface area contributed by atoms with E-state index in [1.807, 2.05) is 17.7 Å². The molecule has 0 aliphatic carbocycles. The lowest BCUT2D eigenvalue weighted by atomic mass is 9.92. The van der Waals surface area contributed by atoms with Crippen molar-refractivity contribution in [2.24, 2.45) is 11.8 Å². The molecule has 0 spiro atoms. The van der Waals surface area contributed by atoms with Crippen LogP contribution in [0.25, 0.3) is 0 Å². The number of amides is 1. The van der Waals surface area contributed by atoms with Crippen LogP contribution in [0.5, 0.6) is 0 Å². The zero-order valence-electron chi connectivity index (χ0n) is 15.5. The number of carbonyl (C=O) groups excluding carboxylic acids is 1. The van der Waals surface area contributed by atoms with E-state index in [9.17, 15) is 4.79 Å². The number of hydrogen-bond acceptors (Lipinski definition) is 3. The van der Waals surface area contributed by atoms with Crippen LogP contribution in [0.4, 0.5) is 0 Å². The number of nitrogens with one attached hydrogen (secondary N) is 1. The minimum absolute atomic E-state index is 0.0748. The van der Waals surface area contributed by atoms with E-state index < -0.39 is 0 Å². The Balaban J connectivity index is 1.86. The Morgan fingerprint density at radius 2 is 1.91 bits per heavy atom. The molecule has 1 fully saturated rings. The smallest absolute Gasteiger partial charge is 0.271 e. The first-order valence-corrected chi connectivity index (χ1v) is 8.74. The molecule has 1 aliphatic rings. The Morgan fingerprint density at radius 1 is 1.30 bits per heavy atom. The third kappa shape index (κ3) is 4.80. The van der Waals surface area contributed by atoms with Gasteiger partial charge < -0.3 is 10.2 Å². The normalized spacial score (nSPS) is 23.0. The van der Waals surface area contributed by atoms with Crippen LogP contribution in [-0.4, -0.2) is 46.8 Å². The first kappa shape index (κ1) is 18.0. The van der Waals surface area contributed by atoms with Gasteiger partial charge in [-0.1, -0.05) is 13.8 Å². The number of aromatic nitrogens is 2. The van der Waals surface area contributed by atoms with Crippen LogP contribution in [-0.2, 0) is 5.54 Å². The lowest BCUT2D eigenvalue weighted by Gasteiger charge is -2.34. The third-order valence-electron chi connectivity index (χ3n) is 4.41. The second kappa shape index (κ2) is 7.04. The van der Waals surface area contributed by atoms with Crippen LogP contribution in [0.2, 0.25) is 0 Å². The minimum Gasteiger partial charge on any atom is -0.349 e. The van der Waals surface area contributed by atoms with Crippen molar-refractivity contribution >= 4 is 5.91 Å². The Bertz CT molecular complexity index is 534. The highest BCUT2D eigenvalue weighted by Gasteiger charge is 2.22. The van der Waals surface area contributed by atoms with E-state index in [4.69, 9.17) is 0 Å². The van der Waals surface area contributed by atoms with Crippen LogP contribution in [0, 0.1) is 18.8 Å². The molecule has 1 aromatic heterocycles. The fourth-order valence-corrected chi connectivity index (χ4v) is 3.66. The van der Waals surface area contributed by atoms with Crippen molar-refractivity contribution < 1.29 is 4.79 Å². The third-order valence-corrected chi connectivity index (χ3v) is 4.41. The Hall–Kier alpha value is -1.36. The fraction of sp³-hybridized carbons (Fsp3) is 0.778. The summed E-state index contributed by atoms with van der Waals surface area (Å²) >= 11 is 0. The molecule has 0 radical (unpaired) electrons. The van der Waals surface area contributed by atoms with E-state index in [-0.39, 0.29) is 11.4 Å². The first-order valence-electron chi connectivity index (χ1n) is 8.74. The monoisotopic (exact) mass is 320 g/mol. The van der Waals surface area contributed by atoms with Crippen molar-refractivity contribution in [3.05, 3.63) is 17.5 Å². The summed E-state index contributed by atoms with van der Waals surface area (Å²) in [5, 5.41) is 7.47. The van der Waals surface area contributed by atoms with Crippen LogP contribution in [0.3, 0.4) is 0 Å². The predicted molar refractivity (Wildman–Crippen MR) is 93.7 cm³/mol. The summed E-state index contributed by atoms with van der Waals surface area (Å²) in [6.07, 6.45) is 1.31. The van der Waals surface area contributed by atoms with Crippen LogP contribution in [0.1, 0.15) is 57.2 Å². The molecule has 23 heavy (non-hydrogen) atoms. The molecule has 1 saturated heterocycles. The Kier molecular flexibility index (Phi) is 5.50. The first-order chi connectivity index (χ1) is 10.7. The summed E-state index contributed by atoms with van der Waals surface area (Å²) in [6.45, 7) is 16.8. The lowest BCUT2D eigenvalue weighted by Crippen LogP contribution is -2.43. The standard InChI is InChI=1S/C18H32N4O/c1-13-9-14(2)12-21(11-13)8-7-19-17(23)16-10-15(3)22(20-16)18(4,5)6/h10,13-14H,7-9,11-12H2,1-6H3,(H,19,23). The summed E-state index contributed by atoms with van der Waals surface area (Å²) in [6, 6.07) is 1.87. The maximum Gasteiger partial charge on any atom is 0.271 e. The molecule has 5 heteroatoms. The molecule has 1 N–H and O–H groups in total. The van der Waals surface area contributed by atoms with E-state index in [2.05, 4.69) is 49.9 Å². The number of hydrogen-bond donors (Lipinski definition) is 1. The Morgan fingerprint density at radius 3 is 2.43 bits per heavy atom. The lowest BCUT2D eigenvalue weighted by molar-refractivity contribution is 0.0930. The van der Waals surface area contributed by atoms with E-state index in [1.165, 1.54) is 6.42 Å². The van der Waals surface area contributed by atoms with Crippen LogP contribution >= 0.6 is 0 Å². The van der Waals surface area contributed by atoms with Gasteiger partial charge in [0.2, 0.25) is 0 Å². The van der Waals surface area contributed by atoms with E-state index >= 15 is 0 Å². The molecular weight excluding hydrogens is 288 g/mol. The average Bonchev–Trinajstić information content (AvgIpc) is 2.79. The zero-order chi connectivity index (χ0) is 17.2. The van der Waals surface area contributed by atoms with Gasteiger partial charge in [0.1, 0.15) is 5.69 Å². The molecule has 2 rings (SSSR count). The van der Waals surface area contributed by atoms with Crippen molar-refractivity contribution in [1.29, 1.82) is 0 Å². The highest BCUT2D eigenvalue weighted by Crippen LogP contribution is 2.20. The second-order valence-electron chi connectivity index (χ2n) is 8.22. The highest BCUT2D eigenvalue weighted by molar-refractivity contribution is 5.92. The maximum atomic E-state index is 12.3. The van der Waals surface area contributed by atoms with Gasteiger partial charge in [-0.15, -0.1) is 0 Å². The fourth-order valence-electron chi connectivity index (χ4n) is 3.66. The number of aryl methyl sites for hydroxylation is 1. The quantitative estimate of drug-likeness (QED) is 0.928. The molecule has 0 bridgehead atoms. The molecule has 1 amide bonds. The molecule has 2 heterocycles. The topological polar surface area (TPSA) is 50.2 Å². The number of carbonyl (C=O) groups is 1. The largest absolute Gasteiger partial charge is 0.349 e. The van der Waals surface area contributed by atoms with Gasteiger partial charge in [-0.05, 0) is 52.0 Å². The number of likely N-dealkylation sites (tertiary alicyclic amines) is 1. The summed E-state index contributed by atoms with van der Waals surface area (Å²) in [7, 11) is 0. The van der Waals surface area contributed by atoms with E-state index in [1.54, 1.807) is 0 Å². The maximum absolute atomic E-state index is 12.3. The van der Waals surface area contributed by atoms with Crippen molar-refractivity contribution in [2.45, 2.75) is 53.5 Å².